The lowest BCUT2D eigenvalue weighted by molar-refractivity contribution is 0.0799. The second-order valence-corrected chi connectivity index (χ2v) is 7.16. The number of halogens is 2. The van der Waals surface area contributed by atoms with Crippen molar-refractivity contribution in [2.75, 3.05) is 25.6 Å². The van der Waals surface area contributed by atoms with Gasteiger partial charge in [-0.2, -0.15) is 0 Å². The Balaban J connectivity index is 2.80. The van der Waals surface area contributed by atoms with E-state index in [0.717, 1.165) is 6.26 Å². The maximum atomic E-state index is 13.5. The van der Waals surface area contributed by atoms with Crippen molar-refractivity contribution < 1.29 is 17.6 Å². The van der Waals surface area contributed by atoms with Crippen molar-refractivity contribution in [2.45, 2.75) is 0 Å². The number of hydrogen-bond acceptors (Lipinski definition) is 3. The number of carbonyl (C=O) groups is 1. The van der Waals surface area contributed by atoms with Crippen LogP contribution in [0.3, 0.4) is 0 Å². The van der Waals surface area contributed by atoms with Gasteiger partial charge in [-0.3, -0.25) is 4.79 Å². The third-order valence-electron chi connectivity index (χ3n) is 2.31. The molecular weight excluding hydrogens is 325 g/mol. The van der Waals surface area contributed by atoms with Crippen LogP contribution in [0.2, 0.25) is 0 Å². The van der Waals surface area contributed by atoms with Crippen molar-refractivity contribution in [3.8, 4) is 0 Å². The minimum atomic E-state index is -3.15. The molecule has 0 aliphatic carbocycles. The quantitative estimate of drug-likeness (QED) is 0.840. The molecule has 18 heavy (non-hydrogen) atoms. The average molecular weight is 338 g/mol. The minimum absolute atomic E-state index is 0.0349. The summed E-state index contributed by atoms with van der Waals surface area (Å²) in [4.78, 5) is 13.1. The Bertz CT molecular complexity index is 559. The van der Waals surface area contributed by atoms with E-state index < -0.39 is 21.6 Å². The Morgan fingerprint density at radius 3 is 2.56 bits per heavy atom. The predicted molar refractivity (Wildman–Crippen MR) is 70.8 cm³/mol. The van der Waals surface area contributed by atoms with Crippen molar-refractivity contribution in [2.24, 2.45) is 0 Å². The molecule has 0 N–H and O–H groups in total. The van der Waals surface area contributed by atoms with Crippen LogP contribution < -0.4 is 0 Å². The molecule has 0 unspecified atom stereocenters. The Kier molecular flexibility index (Phi) is 4.86. The molecule has 1 aromatic rings. The topological polar surface area (TPSA) is 54.5 Å². The van der Waals surface area contributed by atoms with Gasteiger partial charge in [0.05, 0.1) is 11.3 Å². The smallest absolute Gasteiger partial charge is 0.256 e. The molecule has 0 bridgehead atoms. The first kappa shape index (κ1) is 15.1. The summed E-state index contributed by atoms with van der Waals surface area (Å²) in [7, 11) is -1.71. The molecule has 0 radical (unpaired) electrons. The first-order chi connectivity index (χ1) is 8.20. The highest BCUT2D eigenvalue weighted by Gasteiger charge is 2.17. The average Bonchev–Trinajstić information content (AvgIpc) is 2.24. The first-order valence-corrected chi connectivity index (χ1v) is 7.94. The Morgan fingerprint density at radius 2 is 2.06 bits per heavy atom. The summed E-state index contributed by atoms with van der Waals surface area (Å²) in [6.07, 6.45) is 1.09. The molecule has 0 saturated heterocycles. The summed E-state index contributed by atoms with van der Waals surface area (Å²) in [5.74, 6) is -1.32. The molecule has 0 fully saturated rings. The largest absolute Gasteiger partial charge is 0.341 e. The first-order valence-electron chi connectivity index (χ1n) is 5.09. The van der Waals surface area contributed by atoms with Gasteiger partial charge in [0.1, 0.15) is 15.7 Å². The number of sulfone groups is 1. The summed E-state index contributed by atoms with van der Waals surface area (Å²) in [5, 5.41) is 0. The fourth-order valence-corrected chi connectivity index (χ4v) is 2.21. The van der Waals surface area contributed by atoms with Crippen LogP contribution in [0.25, 0.3) is 0 Å². The van der Waals surface area contributed by atoms with Crippen molar-refractivity contribution in [1.29, 1.82) is 0 Å². The second kappa shape index (κ2) is 5.79. The standard InChI is InChI=1S/C11H13BrFNO3S/c1-14(5-6-18(2,16)17)11(15)9-4-3-8(12)7-10(9)13/h3-4,7H,5-6H2,1-2H3. The molecule has 0 heterocycles. The number of nitrogens with zero attached hydrogens (tertiary/aromatic N) is 1. The maximum Gasteiger partial charge on any atom is 0.256 e. The van der Waals surface area contributed by atoms with Crippen LogP contribution in [0.15, 0.2) is 22.7 Å². The van der Waals surface area contributed by atoms with Crippen LogP contribution in [-0.4, -0.2) is 44.8 Å². The molecule has 4 nitrogen and oxygen atoms in total. The van der Waals surface area contributed by atoms with Gasteiger partial charge in [0, 0.05) is 24.3 Å². The Labute approximate surface area is 114 Å². The van der Waals surface area contributed by atoms with E-state index in [9.17, 15) is 17.6 Å². The van der Waals surface area contributed by atoms with Gasteiger partial charge >= 0.3 is 0 Å². The third kappa shape index (κ3) is 4.38. The lowest BCUT2D eigenvalue weighted by Gasteiger charge is -2.17. The third-order valence-corrected chi connectivity index (χ3v) is 3.72. The second-order valence-electron chi connectivity index (χ2n) is 3.98. The molecule has 0 aliphatic heterocycles. The fraction of sp³-hybridized carbons (Fsp3) is 0.364. The predicted octanol–water partition coefficient (Wildman–Crippen LogP) is 1.70. The molecule has 1 amide bonds. The number of carbonyl (C=O) groups excluding carboxylic acids is 1. The lowest BCUT2D eigenvalue weighted by Crippen LogP contribution is -2.32. The number of hydrogen-bond donors (Lipinski definition) is 0. The molecule has 0 atom stereocenters. The molecule has 1 aromatic carbocycles. The van der Waals surface area contributed by atoms with E-state index >= 15 is 0 Å². The van der Waals surface area contributed by atoms with E-state index in [1.165, 1.54) is 24.1 Å². The number of amides is 1. The zero-order valence-electron chi connectivity index (χ0n) is 9.98. The van der Waals surface area contributed by atoms with E-state index in [2.05, 4.69) is 15.9 Å². The van der Waals surface area contributed by atoms with Crippen molar-refractivity contribution in [1.82, 2.24) is 4.90 Å². The summed E-state index contributed by atoms with van der Waals surface area (Å²) < 4.78 is 36.1. The monoisotopic (exact) mass is 337 g/mol. The van der Waals surface area contributed by atoms with Gasteiger partial charge in [-0.15, -0.1) is 0 Å². The highest BCUT2D eigenvalue weighted by molar-refractivity contribution is 9.10. The van der Waals surface area contributed by atoms with Gasteiger partial charge in [0.2, 0.25) is 0 Å². The van der Waals surface area contributed by atoms with Crippen LogP contribution in [0.1, 0.15) is 10.4 Å². The molecule has 1 rings (SSSR count). The SMILES string of the molecule is CN(CCS(C)(=O)=O)C(=O)c1ccc(Br)cc1F. The molecule has 0 spiro atoms. The number of rotatable bonds is 4. The highest BCUT2D eigenvalue weighted by atomic mass is 79.9. The van der Waals surface area contributed by atoms with E-state index in [4.69, 9.17) is 0 Å². The fourth-order valence-electron chi connectivity index (χ4n) is 1.27. The molecule has 100 valence electrons. The van der Waals surface area contributed by atoms with Crippen LogP contribution >= 0.6 is 15.9 Å². The van der Waals surface area contributed by atoms with Gasteiger partial charge in [-0.05, 0) is 18.2 Å². The van der Waals surface area contributed by atoms with E-state index in [1.54, 1.807) is 6.07 Å². The zero-order valence-corrected chi connectivity index (χ0v) is 12.4. The van der Waals surface area contributed by atoms with Crippen LogP contribution in [0.4, 0.5) is 4.39 Å². The van der Waals surface area contributed by atoms with Crippen molar-refractivity contribution >= 4 is 31.7 Å². The lowest BCUT2D eigenvalue weighted by atomic mass is 10.2. The number of benzene rings is 1. The summed E-state index contributed by atoms with van der Waals surface area (Å²) >= 11 is 3.10. The van der Waals surface area contributed by atoms with Gasteiger partial charge in [-0.1, -0.05) is 15.9 Å². The molecule has 0 aromatic heterocycles. The summed E-state index contributed by atoms with van der Waals surface area (Å²) in [5.41, 5.74) is -0.0748. The van der Waals surface area contributed by atoms with E-state index in [1.807, 2.05) is 0 Å². The van der Waals surface area contributed by atoms with Crippen LogP contribution in [-0.2, 0) is 9.84 Å². The van der Waals surface area contributed by atoms with Crippen molar-refractivity contribution in [3.05, 3.63) is 34.1 Å². The zero-order chi connectivity index (χ0) is 13.9. The summed E-state index contributed by atoms with van der Waals surface area (Å²) in [6, 6.07) is 4.11. The highest BCUT2D eigenvalue weighted by Crippen LogP contribution is 2.16. The van der Waals surface area contributed by atoms with Crippen LogP contribution in [0.5, 0.6) is 0 Å². The van der Waals surface area contributed by atoms with Gasteiger partial charge in [0.15, 0.2) is 0 Å². The van der Waals surface area contributed by atoms with Crippen LogP contribution in [0, 0.1) is 5.82 Å². The molecule has 0 aliphatic rings. The van der Waals surface area contributed by atoms with Crippen molar-refractivity contribution in [3.63, 3.8) is 0 Å². The molecule has 7 heteroatoms. The van der Waals surface area contributed by atoms with Gasteiger partial charge in [-0.25, -0.2) is 12.8 Å². The molecular formula is C11H13BrFNO3S. The van der Waals surface area contributed by atoms with E-state index in [-0.39, 0.29) is 17.9 Å². The van der Waals surface area contributed by atoms with Gasteiger partial charge in [0.25, 0.3) is 5.91 Å². The molecule has 0 saturated carbocycles. The van der Waals surface area contributed by atoms with Gasteiger partial charge < -0.3 is 4.90 Å². The Hall–Kier alpha value is -0.950. The summed E-state index contributed by atoms with van der Waals surface area (Å²) in [6.45, 7) is 0.0349. The normalized spacial score (nSPS) is 11.3. The Morgan fingerprint density at radius 1 is 1.44 bits per heavy atom. The minimum Gasteiger partial charge on any atom is -0.341 e. The maximum absolute atomic E-state index is 13.5. The van der Waals surface area contributed by atoms with E-state index in [0.29, 0.717) is 4.47 Å².